The molecular weight excluding hydrogens is 205 g/mol. The topological polar surface area (TPSA) is 80.9 Å². The van der Waals surface area contributed by atoms with Crippen molar-refractivity contribution in [3.8, 4) is 0 Å². The van der Waals surface area contributed by atoms with E-state index in [9.17, 15) is 0 Å². The third-order valence-corrected chi connectivity index (χ3v) is 0. The standard InChI is InChI=1S/Mg.H4O4Si.Y.2H/c;1-5(2,3)4;;;/h;1-4H;;;. The van der Waals surface area contributed by atoms with Gasteiger partial charge < -0.3 is 19.2 Å². The van der Waals surface area contributed by atoms with E-state index in [0.29, 0.717) is 0 Å². The summed E-state index contributed by atoms with van der Waals surface area (Å²) in [5, 5.41) is 0. The van der Waals surface area contributed by atoms with Crippen molar-refractivity contribution in [2.75, 3.05) is 0 Å². The van der Waals surface area contributed by atoms with Crippen LogP contribution in [0, 0.1) is 0 Å². The van der Waals surface area contributed by atoms with Crippen LogP contribution in [0.25, 0.3) is 0 Å². The van der Waals surface area contributed by atoms with Crippen molar-refractivity contribution in [2.45, 2.75) is 0 Å². The molecule has 0 atom stereocenters. The Labute approximate surface area is 83.1 Å². The molecule has 39 valence electrons. The fourth-order valence-corrected chi connectivity index (χ4v) is 0. The van der Waals surface area contributed by atoms with Crippen LogP contribution in [0.1, 0.15) is 0 Å². The Hall–Kier alpha value is 1.93. The van der Waals surface area contributed by atoms with Gasteiger partial charge in [0.15, 0.2) is 0 Å². The van der Waals surface area contributed by atoms with Crippen LogP contribution in [0.15, 0.2) is 0 Å². The molecule has 0 aliphatic rings. The molecule has 0 bridgehead atoms. The maximum absolute atomic E-state index is 7.33. The second-order valence-corrected chi connectivity index (χ2v) is 1.80. The van der Waals surface area contributed by atoms with E-state index in [-0.39, 0.29) is 55.8 Å². The molecule has 4 N–H and O–H groups in total. The quantitative estimate of drug-likeness (QED) is 0.313. The van der Waals surface area contributed by atoms with Crippen molar-refractivity contribution in [1.29, 1.82) is 0 Å². The van der Waals surface area contributed by atoms with Gasteiger partial charge in [-0.25, -0.2) is 0 Å². The molecule has 0 aromatic rings. The fraction of sp³-hybridized carbons (Fsp3) is 0. The van der Waals surface area contributed by atoms with Crippen molar-refractivity contribution >= 4 is 32.1 Å². The molecule has 0 aromatic carbocycles. The largest absolute Gasteiger partial charge is 0.668 e. The first-order chi connectivity index (χ1) is 2.00. The van der Waals surface area contributed by atoms with Gasteiger partial charge in [-0.2, -0.15) is 0 Å². The van der Waals surface area contributed by atoms with Gasteiger partial charge in [-0.05, 0) is 0 Å². The molecule has 1 radical (unpaired) electrons. The van der Waals surface area contributed by atoms with E-state index in [1.165, 1.54) is 0 Å². The van der Waals surface area contributed by atoms with Crippen molar-refractivity contribution in [2.24, 2.45) is 0 Å². The van der Waals surface area contributed by atoms with Gasteiger partial charge in [-0.15, -0.1) is 0 Å². The number of hydrogen-bond donors (Lipinski definition) is 4. The summed E-state index contributed by atoms with van der Waals surface area (Å²) in [6.45, 7) is 0. The Balaban J connectivity index is -0.0000000800. The minimum absolute atomic E-state index is 0. The summed E-state index contributed by atoms with van der Waals surface area (Å²) in [5.74, 6) is 0. The first-order valence-corrected chi connectivity index (χ1v) is 2.68. The molecule has 0 aliphatic heterocycles. The van der Waals surface area contributed by atoms with E-state index in [0.717, 1.165) is 0 Å². The fourth-order valence-electron chi connectivity index (χ4n) is 0. The van der Waals surface area contributed by atoms with Crippen LogP contribution in [-0.4, -0.2) is 51.3 Å². The van der Waals surface area contributed by atoms with Gasteiger partial charge in [0, 0.05) is 32.7 Å². The molecule has 0 aliphatic carbocycles. The summed E-state index contributed by atoms with van der Waals surface area (Å²) in [6, 6.07) is 0. The molecule has 7 heteroatoms. The number of hydrogen-bond acceptors (Lipinski definition) is 4. The Kier molecular flexibility index (Phi) is 13.8. The van der Waals surface area contributed by atoms with Crippen molar-refractivity contribution in [3.63, 3.8) is 0 Å². The van der Waals surface area contributed by atoms with E-state index in [1.54, 1.807) is 0 Å². The smallest absolute Gasteiger partial charge is 0.368 e. The summed E-state index contributed by atoms with van der Waals surface area (Å²) in [4.78, 5) is 29.3. The summed E-state index contributed by atoms with van der Waals surface area (Å²) >= 11 is 0. The minimum Gasteiger partial charge on any atom is -0.368 e. The van der Waals surface area contributed by atoms with Crippen molar-refractivity contribution in [1.82, 2.24) is 0 Å². The third kappa shape index (κ3) is 75.0. The first kappa shape index (κ1) is 16.0. The van der Waals surface area contributed by atoms with Gasteiger partial charge >= 0.3 is 32.1 Å². The summed E-state index contributed by atoms with van der Waals surface area (Å²) in [7, 11) is -4.61. The molecule has 0 unspecified atom stereocenters. The van der Waals surface area contributed by atoms with Gasteiger partial charge in [0.05, 0.1) is 0 Å². The molecule has 7 heavy (non-hydrogen) atoms. The molecule has 4 nitrogen and oxygen atoms in total. The van der Waals surface area contributed by atoms with Gasteiger partial charge in [0.25, 0.3) is 0 Å². The van der Waals surface area contributed by atoms with E-state index < -0.39 is 9.05 Å². The molecule has 0 amide bonds. The predicted octanol–water partition coefficient (Wildman–Crippen LogP) is -3.53. The van der Waals surface area contributed by atoms with Crippen LogP contribution >= 0.6 is 0 Å². The first-order valence-electron chi connectivity index (χ1n) is 0.894. The average Bonchev–Trinajstić information content (AvgIpc) is 0.722. The van der Waals surface area contributed by atoms with Crippen LogP contribution in [0.3, 0.4) is 0 Å². The average molecular weight is 211 g/mol. The molecule has 0 fully saturated rings. The normalized spacial score (nSPS) is 8.57. The predicted molar refractivity (Wildman–Crippen MR) is 23.2 cm³/mol. The van der Waals surface area contributed by atoms with Crippen LogP contribution < -0.4 is 0 Å². The van der Waals surface area contributed by atoms with Crippen LogP contribution in [0.2, 0.25) is 0 Å². The Morgan fingerprint density at radius 3 is 0.857 bits per heavy atom. The zero-order valence-electron chi connectivity index (χ0n) is 2.87. The Bertz CT molecular complexity index is 27.2. The zero-order chi connectivity index (χ0) is 4.50. The van der Waals surface area contributed by atoms with Gasteiger partial charge in [0.2, 0.25) is 0 Å². The Morgan fingerprint density at radius 1 is 0.857 bits per heavy atom. The molecule has 0 rings (SSSR count). The number of rotatable bonds is 0. The monoisotopic (exact) mass is 211 g/mol. The Morgan fingerprint density at radius 2 is 0.857 bits per heavy atom. The maximum atomic E-state index is 7.33. The van der Waals surface area contributed by atoms with Gasteiger partial charge in [-0.3, -0.25) is 0 Å². The second kappa shape index (κ2) is 6.05. The van der Waals surface area contributed by atoms with E-state index in [1.807, 2.05) is 0 Å². The maximum Gasteiger partial charge on any atom is 0.668 e. The van der Waals surface area contributed by atoms with Crippen molar-refractivity contribution < 1.29 is 51.9 Å². The summed E-state index contributed by atoms with van der Waals surface area (Å²) in [5.41, 5.74) is 0. The summed E-state index contributed by atoms with van der Waals surface area (Å²) in [6.07, 6.45) is 0. The molecule has 0 heterocycles. The van der Waals surface area contributed by atoms with E-state index in [2.05, 4.69) is 0 Å². The van der Waals surface area contributed by atoms with Crippen LogP contribution in [-0.2, 0) is 32.7 Å². The van der Waals surface area contributed by atoms with Gasteiger partial charge in [-0.1, -0.05) is 0 Å². The van der Waals surface area contributed by atoms with Crippen molar-refractivity contribution in [3.05, 3.63) is 0 Å². The molecule has 0 saturated heterocycles. The van der Waals surface area contributed by atoms with E-state index in [4.69, 9.17) is 19.2 Å². The molecular formula is H6MgO4SiY. The molecule has 0 saturated carbocycles. The second-order valence-electron chi connectivity index (χ2n) is 0.600. The third-order valence-electron chi connectivity index (χ3n) is 0. The summed E-state index contributed by atoms with van der Waals surface area (Å²) < 4.78 is 0. The van der Waals surface area contributed by atoms with Gasteiger partial charge in [0.1, 0.15) is 0 Å². The minimum atomic E-state index is -4.61. The van der Waals surface area contributed by atoms with E-state index >= 15 is 0 Å². The zero-order valence-corrected chi connectivity index (χ0v) is 6.70. The van der Waals surface area contributed by atoms with Crippen LogP contribution in [0.4, 0.5) is 0 Å². The molecule has 0 aromatic heterocycles. The SMILES string of the molecule is O[Si](O)(O)O.[MgH2].[Y]. The molecule has 0 spiro atoms. The van der Waals surface area contributed by atoms with Crippen LogP contribution in [0.5, 0.6) is 0 Å².